The Kier molecular flexibility index (Phi) is 3.78. The molecule has 0 saturated carbocycles. The average Bonchev–Trinajstić information content (AvgIpc) is 2.26. The van der Waals surface area contributed by atoms with Gasteiger partial charge < -0.3 is 5.32 Å². The number of hydrogen-bond donors (Lipinski definition) is 1. The van der Waals surface area contributed by atoms with Crippen molar-refractivity contribution >= 4 is 34.8 Å². The number of rotatable bonds is 1. The first-order valence-corrected chi connectivity index (χ1v) is 6.17. The third-order valence-electron chi connectivity index (χ3n) is 2.82. The maximum absolute atomic E-state index is 6.01. The van der Waals surface area contributed by atoms with Crippen LogP contribution in [0.3, 0.4) is 0 Å². The van der Waals surface area contributed by atoms with E-state index in [1.54, 1.807) is 0 Å². The van der Waals surface area contributed by atoms with Gasteiger partial charge in [0.25, 0.3) is 0 Å². The molecule has 0 amide bonds. The van der Waals surface area contributed by atoms with Gasteiger partial charge in [-0.15, -0.1) is 0 Å². The number of benzene rings is 1. The molecule has 1 aliphatic heterocycles. The summed E-state index contributed by atoms with van der Waals surface area (Å²) in [5.41, 5.74) is 1.20. The Bertz CT molecular complexity index is 336. The molecule has 1 fully saturated rings. The van der Waals surface area contributed by atoms with E-state index in [2.05, 4.69) is 5.32 Å². The Balaban J connectivity index is 2.27. The van der Waals surface area contributed by atoms with Crippen LogP contribution in [0.1, 0.15) is 24.3 Å². The van der Waals surface area contributed by atoms with Gasteiger partial charge in [0.2, 0.25) is 0 Å². The van der Waals surface area contributed by atoms with Crippen LogP contribution in [0.15, 0.2) is 12.1 Å². The van der Waals surface area contributed by atoms with E-state index in [0.29, 0.717) is 21.0 Å². The zero-order chi connectivity index (χ0) is 10.8. The molecule has 15 heavy (non-hydrogen) atoms. The summed E-state index contributed by atoms with van der Waals surface area (Å²) in [6.07, 6.45) is 2.27. The fourth-order valence-electron chi connectivity index (χ4n) is 1.97. The van der Waals surface area contributed by atoms with Crippen LogP contribution in [0.25, 0.3) is 0 Å². The van der Waals surface area contributed by atoms with Gasteiger partial charge in [-0.25, -0.2) is 0 Å². The maximum atomic E-state index is 6.01. The monoisotopic (exact) mass is 263 g/mol. The van der Waals surface area contributed by atoms with Gasteiger partial charge in [0.15, 0.2) is 0 Å². The van der Waals surface area contributed by atoms with Gasteiger partial charge in [-0.05, 0) is 49.5 Å². The van der Waals surface area contributed by atoms with Crippen molar-refractivity contribution in [1.29, 1.82) is 0 Å². The van der Waals surface area contributed by atoms with Crippen molar-refractivity contribution in [2.45, 2.75) is 18.8 Å². The maximum Gasteiger partial charge on any atom is 0.0778 e. The molecule has 1 aliphatic rings. The molecule has 1 nitrogen and oxygen atoms in total. The van der Waals surface area contributed by atoms with Gasteiger partial charge in [-0.2, -0.15) is 0 Å². The average molecular weight is 265 g/mol. The summed E-state index contributed by atoms with van der Waals surface area (Å²) in [5.74, 6) is 0.554. The van der Waals surface area contributed by atoms with E-state index in [9.17, 15) is 0 Å². The first-order valence-electron chi connectivity index (χ1n) is 5.03. The molecule has 1 aromatic rings. The number of nitrogens with one attached hydrogen (secondary N) is 1. The van der Waals surface area contributed by atoms with Crippen LogP contribution in [-0.2, 0) is 0 Å². The Morgan fingerprint density at radius 1 is 1.00 bits per heavy atom. The minimum atomic E-state index is 0.455. The molecule has 0 aliphatic carbocycles. The Labute approximate surface area is 105 Å². The molecule has 0 atom stereocenters. The zero-order valence-corrected chi connectivity index (χ0v) is 10.5. The molecule has 1 N–H and O–H groups in total. The van der Waals surface area contributed by atoms with Crippen LogP contribution in [0, 0.1) is 0 Å². The SMILES string of the molecule is Clc1cc(C2CCNCC2)cc(Cl)c1Cl. The molecule has 4 heteroatoms. The fourth-order valence-corrected chi connectivity index (χ4v) is 2.58. The quantitative estimate of drug-likeness (QED) is 0.753. The van der Waals surface area contributed by atoms with E-state index < -0.39 is 0 Å². The van der Waals surface area contributed by atoms with Crippen molar-refractivity contribution < 1.29 is 0 Å². The van der Waals surface area contributed by atoms with Crippen LogP contribution in [0.4, 0.5) is 0 Å². The second-order valence-corrected chi connectivity index (χ2v) is 5.02. The van der Waals surface area contributed by atoms with Crippen LogP contribution < -0.4 is 5.32 Å². The molecule has 2 rings (SSSR count). The molecule has 1 heterocycles. The lowest BCUT2D eigenvalue weighted by Crippen LogP contribution is -2.26. The van der Waals surface area contributed by atoms with E-state index in [4.69, 9.17) is 34.8 Å². The molecule has 0 unspecified atom stereocenters. The van der Waals surface area contributed by atoms with Crippen molar-refractivity contribution in [2.24, 2.45) is 0 Å². The lowest BCUT2D eigenvalue weighted by Gasteiger charge is -2.23. The minimum absolute atomic E-state index is 0.455. The predicted octanol–water partition coefficient (Wildman–Crippen LogP) is 4.11. The van der Waals surface area contributed by atoms with Crippen molar-refractivity contribution in [3.8, 4) is 0 Å². The molecule has 0 aromatic heterocycles. The van der Waals surface area contributed by atoms with E-state index >= 15 is 0 Å². The van der Waals surface area contributed by atoms with Crippen LogP contribution in [0.2, 0.25) is 15.1 Å². The second-order valence-electron chi connectivity index (χ2n) is 3.82. The van der Waals surface area contributed by atoms with Crippen molar-refractivity contribution in [1.82, 2.24) is 5.32 Å². The van der Waals surface area contributed by atoms with Gasteiger partial charge in [0, 0.05) is 0 Å². The standard InChI is InChI=1S/C11H12Cl3N/c12-9-5-8(6-10(13)11(9)14)7-1-3-15-4-2-7/h5-7,15H,1-4H2. The van der Waals surface area contributed by atoms with Gasteiger partial charge >= 0.3 is 0 Å². The van der Waals surface area contributed by atoms with Gasteiger partial charge in [0.1, 0.15) is 0 Å². The molecule has 1 aromatic carbocycles. The van der Waals surface area contributed by atoms with Gasteiger partial charge in [0.05, 0.1) is 15.1 Å². The van der Waals surface area contributed by atoms with E-state index in [1.165, 1.54) is 5.56 Å². The predicted molar refractivity (Wildman–Crippen MR) is 66.3 cm³/mol. The second kappa shape index (κ2) is 4.92. The number of hydrogen-bond acceptors (Lipinski definition) is 1. The molecule has 82 valence electrons. The third-order valence-corrected chi connectivity index (χ3v) is 4.01. The molecule has 0 radical (unpaired) electrons. The van der Waals surface area contributed by atoms with E-state index in [1.807, 2.05) is 12.1 Å². The van der Waals surface area contributed by atoms with Gasteiger partial charge in [-0.3, -0.25) is 0 Å². The van der Waals surface area contributed by atoms with Gasteiger partial charge in [-0.1, -0.05) is 34.8 Å². The number of piperidine rings is 1. The van der Waals surface area contributed by atoms with Crippen LogP contribution in [-0.4, -0.2) is 13.1 Å². The fraction of sp³-hybridized carbons (Fsp3) is 0.455. The summed E-state index contributed by atoms with van der Waals surface area (Å²) < 4.78 is 0. The first-order chi connectivity index (χ1) is 7.18. The molecular formula is C11H12Cl3N. The molecular weight excluding hydrogens is 252 g/mol. The topological polar surface area (TPSA) is 12.0 Å². The highest BCUT2D eigenvalue weighted by Crippen LogP contribution is 2.35. The largest absolute Gasteiger partial charge is 0.317 e. The Morgan fingerprint density at radius 3 is 2.07 bits per heavy atom. The smallest absolute Gasteiger partial charge is 0.0778 e. The van der Waals surface area contributed by atoms with E-state index in [0.717, 1.165) is 25.9 Å². The van der Waals surface area contributed by atoms with Crippen molar-refractivity contribution in [3.63, 3.8) is 0 Å². The van der Waals surface area contributed by atoms with Crippen LogP contribution >= 0.6 is 34.8 Å². The molecule has 0 spiro atoms. The third kappa shape index (κ3) is 2.59. The zero-order valence-electron chi connectivity index (χ0n) is 8.19. The highest BCUT2D eigenvalue weighted by molar-refractivity contribution is 6.48. The summed E-state index contributed by atoms with van der Waals surface area (Å²) in [5, 5.41) is 4.89. The van der Waals surface area contributed by atoms with Crippen molar-refractivity contribution in [3.05, 3.63) is 32.8 Å². The molecule has 0 bridgehead atoms. The Morgan fingerprint density at radius 2 is 1.53 bits per heavy atom. The van der Waals surface area contributed by atoms with Crippen LogP contribution in [0.5, 0.6) is 0 Å². The highest BCUT2D eigenvalue weighted by Gasteiger charge is 2.17. The normalized spacial score (nSPS) is 18.1. The van der Waals surface area contributed by atoms with E-state index in [-0.39, 0.29) is 0 Å². The summed E-state index contributed by atoms with van der Waals surface area (Å²) >= 11 is 17.9. The minimum Gasteiger partial charge on any atom is -0.317 e. The first kappa shape index (κ1) is 11.5. The summed E-state index contributed by atoms with van der Waals surface area (Å²) in [6, 6.07) is 3.87. The molecule has 1 saturated heterocycles. The summed E-state index contributed by atoms with van der Waals surface area (Å²) in [7, 11) is 0. The Hall–Kier alpha value is 0.0500. The summed E-state index contributed by atoms with van der Waals surface area (Å²) in [6.45, 7) is 2.12. The lowest BCUT2D eigenvalue weighted by atomic mass is 9.90. The number of halogens is 3. The highest BCUT2D eigenvalue weighted by atomic mass is 35.5. The lowest BCUT2D eigenvalue weighted by molar-refractivity contribution is 0.460. The summed E-state index contributed by atoms with van der Waals surface area (Å²) in [4.78, 5) is 0. The van der Waals surface area contributed by atoms with Crippen molar-refractivity contribution in [2.75, 3.05) is 13.1 Å².